The summed E-state index contributed by atoms with van der Waals surface area (Å²) in [5, 5.41) is 0. The molecule has 0 aliphatic carbocycles. The third kappa shape index (κ3) is 3.74. The number of hydrogen-bond donors (Lipinski definition) is 1. The average molecular weight is 235 g/mol. The Hall–Kier alpha value is -1.02. The zero-order chi connectivity index (χ0) is 12.7. The highest BCUT2D eigenvalue weighted by Crippen LogP contribution is 2.31. The highest BCUT2D eigenvalue weighted by atomic mass is 16.5. The van der Waals surface area contributed by atoms with E-state index in [1.54, 1.807) is 0 Å². The molecule has 2 N–H and O–H groups in total. The molecule has 0 heterocycles. The molecule has 96 valence electrons. The second-order valence-electron chi connectivity index (χ2n) is 4.49. The predicted molar refractivity (Wildman–Crippen MR) is 73.2 cm³/mol. The molecule has 2 heteroatoms. The molecule has 1 aromatic rings. The molecular formula is C15H25NO. The summed E-state index contributed by atoms with van der Waals surface area (Å²) in [5.41, 5.74) is 7.50. The molecule has 0 bridgehead atoms. The monoisotopic (exact) mass is 235 g/mol. The molecule has 1 aromatic carbocycles. The maximum atomic E-state index is 6.35. The summed E-state index contributed by atoms with van der Waals surface area (Å²) >= 11 is 0. The summed E-state index contributed by atoms with van der Waals surface area (Å²) in [7, 11) is 0. The normalized spacial score (nSPS) is 12.8. The third-order valence-electron chi connectivity index (χ3n) is 3.30. The smallest absolute Gasteiger partial charge is 0.124 e. The largest absolute Gasteiger partial charge is 0.493 e. The van der Waals surface area contributed by atoms with E-state index in [0.29, 0.717) is 5.92 Å². The molecule has 0 aromatic heterocycles. The van der Waals surface area contributed by atoms with Gasteiger partial charge in [-0.25, -0.2) is 0 Å². The first-order chi connectivity index (χ1) is 8.24. The van der Waals surface area contributed by atoms with Crippen molar-refractivity contribution in [2.75, 3.05) is 6.61 Å². The van der Waals surface area contributed by atoms with Gasteiger partial charge in [0.15, 0.2) is 0 Å². The highest BCUT2D eigenvalue weighted by molar-refractivity contribution is 5.36. The van der Waals surface area contributed by atoms with E-state index >= 15 is 0 Å². The molecule has 0 radical (unpaired) electrons. The molecule has 0 aliphatic rings. The predicted octanol–water partition coefficient (Wildman–Crippen LogP) is 3.91. The van der Waals surface area contributed by atoms with E-state index in [1.807, 2.05) is 18.2 Å². The number of para-hydroxylation sites is 1. The van der Waals surface area contributed by atoms with Crippen molar-refractivity contribution >= 4 is 0 Å². The second kappa shape index (κ2) is 7.33. The minimum atomic E-state index is 0.0815. The van der Waals surface area contributed by atoms with Crippen LogP contribution in [0.5, 0.6) is 5.75 Å². The number of benzene rings is 1. The molecule has 0 aliphatic heterocycles. The fourth-order valence-corrected chi connectivity index (χ4v) is 2.15. The van der Waals surface area contributed by atoms with Crippen LogP contribution in [0, 0.1) is 5.92 Å². The van der Waals surface area contributed by atoms with Crippen molar-refractivity contribution in [2.45, 2.75) is 46.1 Å². The average Bonchev–Trinajstić information content (AvgIpc) is 2.38. The molecule has 17 heavy (non-hydrogen) atoms. The van der Waals surface area contributed by atoms with Crippen molar-refractivity contribution in [3.05, 3.63) is 29.8 Å². The quantitative estimate of drug-likeness (QED) is 0.777. The van der Waals surface area contributed by atoms with Gasteiger partial charge in [0.25, 0.3) is 0 Å². The van der Waals surface area contributed by atoms with Crippen LogP contribution < -0.4 is 10.5 Å². The third-order valence-corrected chi connectivity index (χ3v) is 3.30. The van der Waals surface area contributed by atoms with Gasteiger partial charge in [0.1, 0.15) is 5.75 Å². The van der Waals surface area contributed by atoms with Crippen LogP contribution in [-0.4, -0.2) is 6.61 Å². The van der Waals surface area contributed by atoms with Crippen LogP contribution in [0.15, 0.2) is 24.3 Å². The minimum Gasteiger partial charge on any atom is -0.493 e. The van der Waals surface area contributed by atoms with Gasteiger partial charge in [-0.1, -0.05) is 51.8 Å². The van der Waals surface area contributed by atoms with Crippen molar-refractivity contribution in [3.8, 4) is 5.75 Å². The van der Waals surface area contributed by atoms with E-state index < -0.39 is 0 Å². The van der Waals surface area contributed by atoms with Crippen LogP contribution in [0.1, 0.15) is 51.6 Å². The van der Waals surface area contributed by atoms with Crippen LogP contribution in [-0.2, 0) is 0 Å². The van der Waals surface area contributed by atoms with E-state index in [2.05, 4.69) is 26.8 Å². The fraction of sp³-hybridized carbons (Fsp3) is 0.600. The van der Waals surface area contributed by atoms with E-state index in [0.717, 1.165) is 37.2 Å². The van der Waals surface area contributed by atoms with Gasteiger partial charge in [-0.3, -0.25) is 0 Å². The van der Waals surface area contributed by atoms with Crippen molar-refractivity contribution in [1.29, 1.82) is 0 Å². The molecule has 0 amide bonds. The first-order valence-electron chi connectivity index (χ1n) is 6.71. The van der Waals surface area contributed by atoms with Gasteiger partial charge < -0.3 is 10.5 Å². The number of rotatable bonds is 7. The van der Waals surface area contributed by atoms with Crippen LogP contribution in [0.2, 0.25) is 0 Å². The molecule has 1 rings (SSSR count). The summed E-state index contributed by atoms with van der Waals surface area (Å²) < 4.78 is 5.77. The van der Waals surface area contributed by atoms with Gasteiger partial charge in [0, 0.05) is 11.6 Å². The van der Waals surface area contributed by atoms with Gasteiger partial charge in [-0.15, -0.1) is 0 Å². The van der Waals surface area contributed by atoms with Gasteiger partial charge in [0.2, 0.25) is 0 Å². The van der Waals surface area contributed by atoms with Gasteiger partial charge in [-0.2, -0.15) is 0 Å². The Morgan fingerprint density at radius 2 is 1.76 bits per heavy atom. The standard InChI is InChI=1S/C15H25NO/c1-4-11-17-14-10-8-7-9-13(14)15(16)12(5-2)6-3/h7-10,12,15H,4-6,11,16H2,1-3H3. The second-order valence-corrected chi connectivity index (χ2v) is 4.49. The van der Waals surface area contributed by atoms with Crippen LogP contribution in [0.3, 0.4) is 0 Å². The summed E-state index contributed by atoms with van der Waals surface area (Å²) in [4.78, 5) is 0. The lowest BCUT2D eigenvalue weighted by molar-refractivity contribution is 0.305. The zero-order valence-corrected chi connectivity index (χ0v) is 11.3. The minimum absolute atomic E-state index is 0.0815. The Balaban J connectivity index is 2.87. The maximum absolute atomic E-state index is 6.35. The van der Waals surface area contributed by atoms with E-state index in [1.165, 1.54) is 0 Å². The van der Waals surface area contributed by atoms with E-state index in [4.69, 9.17) is 10.5 Å². The van der Waals surface area contributed by atoms with Crippen LogP contribution >= 0.6 is 0 Å². The van der Waals surface area contributed by atoms with Crippen LogP contribution in [0.4, 0.5) is 0 Å². The van der Waals surface area contributed by atoms with Crippen molar-refractivity contribution < 1.29 is 4.74 Å². The molecule has 2 nitrogen and oxygen atoms in total. The lowest BCUT2D eigenvalue weighted by atomic mass is 9.89. The Kier molecular flexibility index (Phi) is 6.06. The number of ether oxygens (including phenoxy) is 1. The summed E-state index contributed by atoms with van der Waals surface area (Å²) in [5.74, 6) is 1.48. The molecule has 0 saturated heterocycles. The summed E-state index contributed by atoms with van der Waals surface area (Å²) in [6, 6.07) is 8.24. The molecule has 0 spiro atoms. The Morgan fingerprint density at radius 3 is 2.35 bits per heavy atom. The number of nitrogens with two attached hydrogens (primary N) is 1. The highest BCUT2D eigenvalue weighted by Gasteiger charge is 2.19. The number of hydrogen-bond acceptors (Lipinski definition) is 2. The summed E-state index contributed by atoms with van der Waals surface area (Å²) in [6.45, 7) is 7.27. The fourth-order valence-electron chi connectivity index (χ4n) is 2.15. The molecule has 1 unspecified atom stereocenters. The van der Waals surface area contributed by atoms with Gasteiger partial charge in [-0.05, 0) is 18.4 Å². The van der Waals surface area contributed by atoms with Crippen molar-refractivity contribution in [1.82, 2.24) is 0 Å². The Labute approximate surface area is 105 Å². The van der Waals surface area contributed by atoms with Gasteiger partial charge in [0.05, 0.1) is 6.61 Å². The molecular weight excluding hydrogens is 210 g/mol. The topological polar surface area (TPSA) is 35.2 Å². The molecule has 0 fully saturated rings. The van der Waals surface area contributed by atoms with E-state index in [9.17, 15) is 0 Å². The summed E-state index contributed by atoms with van der Waals surface area (Å²) in [6.07, 6.45) is 3.24. The van der Waals surface area contributed by atoms with Crippen LogP contribution in [0.25, 0.3) is 0 Å². The lowest BCUT2D eigenvalue weighted by Gasteiger charge is -2.23. The van der Waals surface area contributed by atoms with Crippen molar-refractivity contribution in [2.24, 2.45) is 11.7 Å². The first-order valence-corrected chi connectivity index (χ1v) is 6.71. The van der Waals surface area contributed by atoms with Crippen molar-refractivity contribution in [3.63, 3.8) is 0 Å². The maximum Gasteiger partial charge on any atom is 0.124 e. The van der Waals surface area contributed by atoms with E-state index in [-0.39, 0.29) is 6.04 Å². The van der Waals surface area contributed by atoms with Gasteiger partial charge >= 0.3 is 0 Å². The molecule has 1 atom stereocenters. The first kappa shape index (κ1) is 14.0. The zero-order valence-electron chi connectivity index (χ0n) is 11.3. The Morgan fingerprint density at radius 1 is 1.12 bits per heavy atom. The molecule has 0 saturated carbocycles. The Bertz CT molecular complexity index is 320. The lowest BCUT2D eigenvalue weighted by Crippen LogP contribution is -2.21. The SMILES string of the molecule is CCCOc1ccccc1C(N)C(CC)CC.